The van der Waals surface area contributed by atoms with Gasteiger partial charge in [-0.2, -0.15) is 15.3 Å². The quantitative estimate of drug-likeness (QED) is 0.829. The molecule has 108 valence electrons. The van der Waals surface area contributed by atoms with Gasteiger partial charge >= 0.3 is 0 Å². The minimum Gasteiger partial charge on any atom is -0.352 e. The van der Waals surface area contributed by atoms with E-state index in [1.165, 1.54) is 6.20 Å². The topological polar surface area (TPSA) is 89.8 Å². The lowest BCUT2D eigenvalue weighted by Gasteiger charge is -2.11. The number of anilines is 3. The number of hydrogen-bond acceptors (Lipinski definition) is 7. The van der Waals surface area contributed by atoms with Gasteiger partial charge in [0, 0.05) is 13.1 Å². The van der Waals surface area contributed by atoms with Crippen LogP contribution in [-0.2, 0) is 0 Å². The first-order valence-electron chi connectivity index (χ1n) is 6.53. The van der Waals surface area contributed by atoms with E-state index in [2.05, 4.69) is 36.8 Å². The average Bonchev–Trinajstić information content (AvgIpc) is 2.48. The number of rotatable bonds is 6. The Hall–Kier alpha value is -2.72. The molecule has 2 N–H and O–H groups in total. The van der Waals surface area contributed by atoms with Gasteiger partial charge in [-0.25, -0.2) is 0 Å². The molecule has 0 aliphatic heterocycles. The van der Waals surface area contributed by atoms with E-state index in [1.807, 2.05) is 32.3 Å². The lowest BCUT2D eigenvalue weighted by molar-refractivity contribution is 0.425. The van der Waals surface area contributed by atoms with Crippen molar-refractivity contribution in [2.75, 3.05) is 37.8 Å². The third-order valence-corrected chi connectivity index (χ3v) is 2.71. The van der Waals surface area contributed by atoms with Crippen molar-refractivity contribution in [3.63, 3.8) is 0 Å². The van der Waals surface area contributed by atoms with Crippen molar-refractivity contribution in [1.82, 2.24) is 20.1 Å². The van der Waals surface area contributed by atoms with Crippen molar-refractivity contribution in [1.29, 1.82) is 5.26 Å². The van der Waals surface area contributed by atoms with Crippen LogP contribution in [0.2, 0.25) is 0 Å². The Kier molecular flexibility index (Phi) is 5.01. The molecule has 7 heteroatoms. The molecule has 1 aromatic carbocycles. The standard InChI is InChI=1S/C14H17N7/c1-21(2)8-7-16-14-19-13(10-17-20-14)18-12-6-4-3-5-11(12)9-15/h3-6,10H,7-8H2,1-2H3,(H2,16,18,19,20). The number of likely N-dealkylation sites (N-methyl/N-ethyl adjacent to an activating group) is 1. The number of nitrogens with one attached hydrogen (secondary N) is 2. The Labute approximate surface area is 123 Å². The maximum absolute atomic E-state index is 9.06. The minimum atomic E-state index is 0.455. The summed E-state index contributed by atoms with van der Waals surface area (Å²) in [7, 11) is 4.00. The molecule has 0 atom stereocenters. The number of nitriles is 1. The molecular formula is C14H17N7. The van der Waals surface area contributed by atoms with E-state index in [9.17, 15) is 0 Å². The Bertz CT molecular complexity index is 633. The van der Waals surface area contributed by atoms with Gasteiger partial charge in [0.1, 0.15) is 6.07 Å². The second kappa shape index (κ2) is 7.17. The predicted octanol–water partition coefficient (Wildman–Crippen LogP) is 1.46. The Balaban J connectivity index is 2.06. The third-order valence-electron chi connectivity index (χ3n) is 2.71. The highest BCUT2D eigenvalue weighted by molar-refractivity contribution is 5.64. The van der Waals surface area contributed by atoms with Crippen LogP contribution in [0.25, 0.3) is 0 Å². The molecule has 0 amide bonds. The SMILES string of the molecule is CN(C)CCNc1nncc(Nc2ccccc2C#N)n1. The predicted molar refractivity (Wildman–Crippen MR) is 81.3 cm³/mol. The van der Waals surface area contributed by atoms with E-state index in [-0.39, 0.29) is 0 Å². The van der Waals surface area contributed by atoms with Crippen molar-refractivity contribution in [3.05, 3.63) is 36.0 Å². The molecule has 0 saturated heterocycles. The van der Waals surface area contributed by atoms with Gasteiger partial charge < -0.3 is 15.5 Å². The maximum Gasteiger partial charge on any atom is 0.244 e. The molecule has 7 nitrogen and oxygen atoms in total. The maximum atomic E-state index is 9.06. The van der Waals surface area contributed by atoms with Gasteiger partial charge in [0.2, 0.25) is 5.95 Å². The first-order chi connectivity index (χ1) is 10.2. The summed E-state index contributed by atoms with van der Waals surface area (Å²) >= 11 is 0. The molecule has 0 bridgehead atoms. The molecule has 0 aliphatic carbocycles. The zero-order chi connectivity index (χ0) is 15.1. The van der Waals surface area contributed by atoms with Gasteiger partial charge in [-0.15, -0.1) is 5.10 Å². The molecule has 1 heterocycles. The number of para-hydroxylation sites is 1. The van der Waals surface area contributed by atoms with Crippen LogP contribution in [0.1, 0.15) is 5.56 Å². The first-order valence-corrected chi connectivity index (χ1v) is 6.53. The van der Waals surface area contributed by atoms with E-state index in [0.29, 0.717) is 23.0 Å². The summed E-state index contributed by atoms with van der Waals surface area (Å²) in [4.78, 5) is 6.38. The smallest absolute Gasteiger partial charge is 0.244 e. The van der Waals surface area contributed by atoms with Crippen molar-refractivity contribution >= 4 is 17.5 Å². The van der Waals surface area contributed by atoms with Crippen molar-refractivity contribution < 1.29 is 0 Å². The van der Waals surface area contributed by atoms with Crippen LogP contribution in [0.15, 0.2) is 30.5 Å². The molecule has 0 radical (unpaired) electrons. The zero-order valence-electron chi connectivity index (χ0n) is 12.0. The molecule has 0 saturated carbocycles. The number of nitrogens with zero attached hydrogens (tertiary/aromatic N) is 5. The van der Waals surface area contributed by atoms with Crippen LogP contribution in [-0.4, -0.2) is 47.3 Å². The summed E-state index contributed by atoms with van der Waals surface area (Å²) in [5.41, 5.74) is 1.25. The lowest BCUT2D eigenvalue weighted by Crippen LogP contribution is -2.21. The summed E-state index contributed by atoms with van der Waals surface area (Å²) in [6.07, 6.45) is 1.52. The van der Waals surface area contributed by atoms with Crippen LogP contribution in [0.4, 0.5) is 17.5 Å². The molecule has 0 spiro atoms. The Morgan fingerprint density at radius 3 is 2.86 bits per heavy atom. The Morgan fingerprint density at radius 2 is 2.10 bits per heavy atom. The molecule has 0 unspecified atom stereocenters. The van der Waals surface area contributed by atoms with Gasteiger partial charge in [0.15, 0.2) is 5.82 Å². The third kappa shape index (κ3) is 4.40. The number of benzene rings is 1. The van der Waals surface area contributed by atoms with Crippen LogP contribution in [0.5, 0.6) is 0 Å². The number of hydrogen-bond donors (Lipinski definition) is 2. The van der Waals surface area contributed by atoms with Crippen LogP contribution in [0.3, 0.4) is 0 Å². The molecule has 2 rings (SSSR count). The number of aromatic nitrogens is 3. The summed E-state index contributed by atoms with van der Waals surface area (Å²) in [5.74, 6) is 0.997. The van der Waals surface area contributed by atoms with E-state index in [4.69, 9.17) is 5.26 Å². The van der Waals surface area contributed by atoms with E-state index in [0.717, 1.165) is 13.1 Å². The molecule has 2 aromatic rings. The van der Waals surface area contributed by atoms with Crippen molar-refractivity contribution in [2.24, 2.45) is 0 Å². The van der Waals surface area contributed by atoms with E-state index in [1.54, 1.807) is 6.07 Å². The molecule has 1 aromatic heterocycles. The van der Waals surface area contributed by atoms with Crippen LogP contribution in [0, 0.1) is 11.3 Å². The second-order valence-corrected chi connectivity index (χ2v) is 4.68. The Morgan fingerprint density at radius 1 is 1.29 bits per heavy atom. The van der Waals surface area contributed by atoms with E-state index < -0.39 is 0 Å². The monoisotopic (exact) mass is 283 g/mol. The molecule has 21 heavy (non-hydrogen) atoms. The van der Waals surface area contributed by atoms with Crippen LogP contribution >= 0.6 is 0 Å². The highest BCUT2D eigenvalue weighted by Crippen LogP contribution is 2.18. The van der Waals surface area contributed by atoms with Crippen molar-refractivity contribution in [2.45, 2.75) is 0 Å². The second-order valence-electron chi connectivity index (χ2n) is 4.68. The largest absolute Gasteiger partial charge is 0.352 e. The van der Waals surface area contributed by atoms with Gasteiger partial charge in [-0.1, -0.05) is 12.1 Å². The fourth-order valence-electron chi connectivity index (χ4n) is 1.66. The van der Waals surface area contributed by atoms with Gasteiger partial charge in [-0.3, -0.25) is 0 Å². The first kappa shape index (κ1) is 14.7. The van der Waals surface area contributed by atoms with Crippen molar-refractivity contribution in [3.8, 4) is 6.07 Å². The fraction of sp³-hybridized carbons (Fsp3) is 0.286. The minimum absolute atomic E-state index is 0.455. The summed E-state index contributed by atoms with van der Waals surface area (Å²) in [6.45, 7) is 1.60. The zero-order valence-corrected chi connectivity index (χ0v) is 12.0. The van der Waals surface area contributed by atoms with Crippen LogP contribution < -0.4 is 10.6 Å². The molecule has 0 aliphatic rings. The normalized spacial score (nSPS) is 10.2. The fourth-order valence-corrected chi connectivity index (χ4v) is 1.66. The van der Waals surface area contributed by atoms with E-state index >= 15 is 0 Å². The summed E-state index contributed by atoms with van der Waals surface area (Å²) in [5, 5.41) is 23.1. The van der Waals surface area contributed by atoms with Gasteiger partial charge in [0.05, 0.1) is 17.4 Å². The molecular weight excluding hydrogens is 266 g/mol. The van der Waals surface area contributed by atoms with Gasteiger partial charge in [0.25, 0.3) is 0 Å². The lowest BCUT2D eigenvalue weighted by atomic mass is 10.2. The molecule has 0 fully saturated rings. The summed E-state index contributed by atoms with van der Waals surface area (Å²) < 4.78 is 0. The average molecular weight is 283 g/mol. The summed E-state index contributed by atoms with van der Waals surface area (Å²) in [6, 6.07) is 9.36. The highest BCUT2D eigenvalue weighted by Gasteiger charge is 2.04. The van der Waals surface area contributed by atoms with Gasteiger partial charge in [-0.05, 0) is 26.2 Å². The highest BCUT2D eigenvalue weighted by atomic mass is 15.3.